The minimum Gasteiger partial charge on any atom is -0.376 e. The molecule has 1 fully saturated rings. The second-order valence-electron chi connectivity index (χ2n) is 5.99. The second-order valence-corrected chi connectivity index (χ2v) is 7.37. The van der Waals surface area contributed by atoms with E-state index in [1.54, 1.807) is 24.3 Å². The Hall–Kier alpha value is -1.83. The lowest BCUT2D eigenvalue weighted by atomic mass is 10.2. The number of nitrogens with one attached hydrogen (secondary N) is 1. The van der Waals surface area contributed by atoms with Gasteiger partial charge in [0, 0.05) is 24.7 Å². The summed E-state index contributed by atoms with van der Waals surface area (Å²) in [5.74, 6) is 0.0543. The molecule has 0 aliphatic carbocycles. The molecule has 2 aromatic rings. The molecule has 6 nitrogen and oxygen atoms in total. The first-order chi connectivity index (χ1) is 12.6. The quantitative estimate of drug-likeness (QED) is 0.444. The lowest BCUT2D eigenvalue weighted by Crippen LogP contribution is -2.33. The van der Waals surface area contributed by atoms with Crippen LogP contribution in [0.3, 0.4) is 0 Å². The Morgan fingerprint density at radius 1 is 1.54 bits per heavy atom. The number of fused-ring (bicyclic) bond motifs is 1. The molecule has 1 aromatic carbocycles. The number of carbonyl (C=O) groups is 1. The lowest BCUT2D eigenvalue weighted by Gasteiger charge is -2.13. The van der Waals surface area contributed by atoms with E-state index in [-0.39, 0.29) is 23.3 Å². The van der Waals surface area contributed by atoms with Gasteiger partial charge in [-0.2, -0.15) is 0 Å². The van der Waals surface area contributed by atoms with Gasteiger partial charge < -0.3 is 10.1 Å². The highest BCUT2D eigenvalue weighted by Crippen LogP contribution is 2.20. The molecule has 1 aliphatic rings. The van der Waals surface area contributed by atoms with Crippen LogP contribution in [0.2, 0.25) is 5.02 Å². The molecule has 2 heterocycles. The predicted molar refractivity (Wildman–Crippen MR) is 104 cm³/mol. The smallest absolute Gasteiger partial charge is 0.262 e. The van der Waals surface area contributed by atoms with Gasteiger partial charge in [0.05, 0.1) is 22.8 Å². The highest BCUT2D eigenvalue weighted by Gasteiger charge is 2.17. The largest absolute Gasteiger partial charge is 0.376 e. The topological polar surface area (TPSA) is 73.2 Å². The van der Waals surface area contributed by atoms with Gasteiger partial charge in [-0.25, -0.2) is 4.98 Å². The van der Waals surface area contributed by atoms with Crippen LogP contribution in [0.5, 0.6) is 0 Å². The van der Waals surface area contributed by atoms with Crippen molar-refractivity contribution in [1.82, 2.24) is 14.9 Å². The third-order valence-corrected chi connectivity index (χ3v) is 5.29. The normalized spacial score (nSPS) is 16.7. The molecule has 1 aliphatic heterocycles. The zero-order chi connectivity index (χ0) is 18.5. The van der Waals surface area contributed by atoms with Gasteiger partial charge in [0.15, 0.2) is 5.16 Å². The van der Waals surface area contributed by atoms with Gasteiger partial charge in [-0.1, -0.05) is 29.4 Å². The van der Waals surface area contributed by atoms with E-state index in [0.717, 1.165) is 19.4 Å². The zero-order valence-corrected chi connectivity index (χ0v) is 15.8. The van der Waals surface area contributed by atoms with Crippen LogP contribution < -0.4 is 10.9 Å². The minimum atomic E-state index is -0.172. The molecule has 0 saturated carbocycles. The predicted octanol–water partition coefficient (Wildman–Crippen LogP) is 2.62. The Kier molecular flexibility index (Phi) is 6.34. The van der Waals surface area contributed by atoms with Crippen molar-refractivity contribution in [2.24, 2.45) is 0 Å². The number of thioether (sulfide) groups is 1. The maximum atomic E-state index is 12.7. The van der Waals surface area contributed by atoms with E-state index in [1.165, 1.54) is 16.3 Å². The van der Waals surface area contributed by atoms with Gasteiger partial charge in [0.1, 0.15) is 0 Å². The SMILES string of the molecule is C=CCn1c(SCC(=O)NCC2CCCO2)nc2cc(Cl)ccc2c1=O. The first kappa shape index (κ1) is 18.9. The zero-order valence-electron chi connectivity index (χ0n) is 14.2. The maximum Gasteiger partial charge on any atom is 0.262 e. The van der Waals surface area contributed by atoms with Crippen LogP contribution in [-0.2, 0) is 16.1 Å². The molecular weight excluding hydrogens is 374 g/mol. The molecule has 1 aromatic heterocycles. The number of hydrogen-bond acceptors (Lipinski definition) is 5. The maximum absolute atomic E-state index is 12.7. The number of allylic oxidation sites excluding steroid dienone is 1. The summed E-state index contributed by atoms with van der Waals surface area (Å²) in [6.07, 6.45) is 3.74. The van der Waals surface area contributed by atoms with E-state index in [2.05, 4.69) is 16.9 Å². The van der Waals surface area contributed by atoms with Gasteiger partial charge in [-0.05, 0) is 31.0 Å². The van der Waals surface area contributed by atoms with Crippen LogP contribution >= 0.6 is 23.4 Å². The van der Waals surface area contributed by atoms with Crippen LogP contribution in [-0.4, -0.2) is 40.5 Å². The highest BCUT2D eigenvalue weighted by atomic mass is 35.5. The van der Waals surface area contributed by atoms with E-state index >= 15 is 0 Å². The van der Waals surface area contributed by atoms with Crippen LogP contribution in [0.4, 0.5) is 0 Å². The molecule has 1 unspecified atom stereocenters. The summed E-state index contributed by atoms with van der Waals surface area (Å²) >= 11 is 7.23. The number of carbonyl (C=O) groups excluding carboxylic acids is 1. The summed E-state index contributed by atoms with van der Waals surface area (Å²) < 4.78 is 7.00. The number of hydrogen-bond donors (Lipinski definition) is 1. The molecule has 0 spiro atoms. The number of ether oxygens (including phenoxy) is 1. The monoisotopic (exact) mass is 393 g/mol. The average Bonchev–Trinajstić information content (AvgIpc) is 3.14. The van der Waals surface area contributed by atoms with Gasteiger partial charge in [-0.15, -0.1) is 6.58 Å². The fourth-order valence-electron chi connectivity index (χ4n) is 2.79. The van der Waals surface area contributed by atoms with Crippen molar-refractivity contribution in [3.05, 3.63) is 46.2 Å². The first-order valence-corrected chi connectivity index (χ1v) is 9.77. The molecule has 1 atom stereocenters. The second kappa shape index (κ2) is 8.70. The minimum absolute atomic E-state index is 0.101. The summed E-state index contributed by atoms with van der Waals surface area (Å²) in [6, 6.07) is 4.98. The van der Waals surface area contributed by atoms with E-state index in [4.69, 9.17) is 16.3 Å². The van der Waals surface area contributed by atoms with E-state index in [0.29, 0.717) is 34.2 Å². The van der Waals surface area contributed by atoms with Crippen LogP contribution in [0.1, 0.15) is 12.8 Å². The Morgan fingerprint density at radius 2 is 2.38 bits per heavy atom. The number of nitrogens with zero attached hydrogens (tertiary/aromatic N) is 2. The van der Waals surface area contributed by atoms with Crippen molar-refractivity contribution in [3.63, 3.8) is 0 Å². The fourth-order valence-corrected chi connectivity index (χ4v) is 3.79. The third kappa shape index (κ3) is 4.47. The Bertz CT molecular complexity index is 878. The average molecular weight is 394 g/mol. The Labute approximate surface area is 160 Å². The van der Waals surface area contributed by atoms with Gasteiger partial charge in [-0.3, -0.25) is 14.2 Å². The van der Waals surface area contributed by atoms with Gasteiger partial charge >= 0.3 is 0 Å². The molecule has 0 radical (unpaired) electrons. The summed E-state index contributed by atoms with van der Waals surface area (Å²) in [6.45, 7) is 5.28. The molecule has 26 heavy (non-hydrogen) atoms. The molecular formula is C18H20ClN3O3S. The van der Waals surface area contributed by atoms with Crippen molar-refractivity contribution in [2.45, 2.75) is 30.6 Å². The van der Waals surface area contributed by atoms with Gasteiger partial charge in [0.2, 0.25) is 5.91 Å². The summed E-state index contributed by atoms with van der Waals surface area (Å²) in [5, 5.41) is 4.33. The summed E-state index contributed by atoms with van der Waals surface area (Å²) in [5.41, 5.74) is 0.346. The number of halogens is 1. The Morgan fingerprint density at radius 3 is 3.12 bits per heavy atom. The van der Waals surface area contributed by atoms with E-state index < -0.39 is 0 Å². The third-order valence-electron chi connectivity index (χ3n) is 4.08. The van der Waals surface area contributed by atoms with E-state index in [1.807, 2.05) is 0 Å². The molecule has 1 saturated heterocycles. The standard InChI is InChI=1S/C18H20ClN3O3S/c1-2-7-22-17(24)14-6-5-12(19)9-15(14)21-18(22)26-11-16(23)20-10-13-4-3-8-25-13/h2,5-6,9,13H,1,3-4,7-8,10-11H2,(H,20,23). The summed E-state index contributed by atoms with van der Waals surface area (Å²) in [4.78, 5) is 29.3. The first-order valence-electron chi connectivity index (χ1n) is 8.40. The highest BCUT2D eigenvalue weighted by molar-refractivity contribution is 7.99. The van der Waals surface area contributed by atoms with Crippen molar-refractivity contribution >= 4 is 40.2 Å². The number of benzene rings is 1. The molecule has 8 heteroatoms. The number of amides is 1. The summed E-state index contributed by atoms with van der Waals surface area (Å²) in [7, 11) is 0. The van der Waals surface area contributed by atoms with Crippen molar-refractivity contribution in [1.29, 1.82) is 0 Å². The van der Waals surface area contributed by atoms with Crippen molar-refractivity contribution in [3.8, 4) is 0 Å². The molecule has 1 amide bonds. The number of rotatable bonds is 7. The lowest BCUT2D eigenvalue weighted by molar-refractivity contribution is -0.119. The van der Waals surface area contributed by atoms with Crippen LogP contribution in [0.15, 0.2) is 40.8 Å². The number of aromatic nitrogens is 2. The van der Waals surface area contributed by atoms with Crippen LogP contribution in [0, 0.1) is 0 Å². The molecule has 0 bridgehead atoms. The molecule has 138 valence electrons. The van der Waals surface area contributed by atoms with Crippen molar-refractivity contribution in [2.75, 3.05) is 18.9 Å². The van der Waals surface area contributed by atoms with Crippen molar-refractivity contribution < 1.29 is 9.53 Å². The van der Waals surface area contributed by atoms with E-state index in [9.17, 15) is 9.59 Å². The van der Waals surface area contributed by atoms with Crippen LogP contribution in [0.25, 0.3) is 10.9 Å². The van der Waals surface area contributed by atoms with Gasteiger partial charge in [0.25, 0.3) is 5.56 Å². The molecule has 3 rings (SSSR count). The fraction of sp³-hybridized carbons (Fsp3) is 0.389. The Balaban J connectivity index is 1.74. The molecule has 1 N–H and O–H groups in total.